The minimum Gasteiger partial charge on any atom is -0.494 e. The standard InChI is InChI=1S/C15H16F2N2O2/c1-21-14-6-10-12(7-11(14)16)18-4-2-13(10)19-5-3-15(17,8-19)9-20/h2,4,6-7,20H,3,5,8-9H2,1H3. The Bertz CT molecular complexity index is 680. The van der Waals surface area contributed by atoms with Gasteiger partial charge in [0, 0.05) is 36.3 Å². The molecule has 2 heterocycles. The summed E-state index contributed by atoms with van der Waals surface area (Å²) >= 11 is 0. The minimum absolute atomic E-state index is 0.113. The van der Waals surface area contributed by atoms with Crippen LogP contribution in [0.25, 0.3) is 10.9 Å². The molecule has 0 spiro atoms. The van der Waals surface area contributed by atoms with Gasteiger partial charge in [0.1, 0.15) is 0 Å². The van der Waals surface area contributed by atoms with Crippen molar-refractivity contribution >= 4 is 16.6 Å². The van der Waals surface area contributed by atoms with E-state index in [1.807, 2.05) is 4.90 Å². The van der Waals surface area contributed by atoms with E-state index < -0.39 is 18.1 Å². The van der Waals surface area contributed by atoms with E-state index in [0.717, 1.165) is 5.69 Å². The lowest BCUT2D eigenvalue weighted by Crippen LogP contribution is -2.32. The number of methoxy groups -OCH3 is 1. The molecule has 1 unspecified atom stereocenters. The molecule has 1 aromatic carbocycles. The zero-order valence-corrected chi connectivity index (χ0v) is 11.6. The fourth-order valence-corrected chi connectivity index (χ4v) is 2.74. The molecule has 0 radical (unpaired) electrons. The summed E-state index contributed by atoms with van der Waals surface area (Å²) in [5.74, 6) is -0.351. The Kier molecular flexibility index (Phi) is 3.41. The monoisotopic (exact) mass is 294 g/mol. The lowest BCUT2D eigenvalue weighted by Gasteiger charge is -2.22. The maximum Gasteiger partial charge on any atom is 0.167 e. The van der Waals surface area contributed by atoms with Gasteiger partial charge in [-0.15, -0.1) is 0 Å². The van der Waals surface area contributed by atoms with E-state index in [-0.39, 0.29) is 18.7 Å². The molecular formula is C15H16F2N2O2. The number of rotatable bonds is 3. The Morgan fingerprint density at radius 2 is 2.29 bits per heavy atom. The summed E-state index contributed by atoms with van der Waals surface area (Å²) in [4.78, 5) is 5.99. The van der Waals surface area contributed by atoms with Gasteiger partial charge >= 0.3 is 0 Å². The number of ether oxygens (including phenoxy) is 1. The molecule has 3 rings (SSSR count). The fraction of sp³-hybridized carbons (Fsp3) is 0.400. The highest BCUT2D eigenvalue weighted by molar-refractivity contribution is 5.92. The molecule has 0 bridgehead atoms. The molecule has 1 N–H and O–H groups in total. The Balaban J connectivity index is 2.07. The zero-order valence-electron chi connectivity index (χ0n) is 11.6. The first kappa shape index (κ1) is 14.0. The second-order valence-electron chi connectivity index (χ2n) is 5.31. The third kappa shape index (κ3) is 2.40. The molecule has 4 nitrogen and oxygen atoms in total. The number of aliphatic hydroxyl groups excluding tert-OH is 1. The highest BCUT2D eigenvalue weighted by atomic mass is 19.1. The van der Waals surface area contributed by atoms with E-state index in [1.165, 1.54) is 13.2 Å². The summed E-state index contributed by atoms with van der Waals surface area (Å²) in [5.41, 5.74) is -0.322. The van der Waals surface area contributed by atoms with Crippen LogP contribution in [0.3, 0.4) is 0 Å². The molecular weight excluding hydrogens is 278 g/mol. The molecule has 0 saturated carbocycles. The minimum atomic E-state index is -1.58. The lowest BCUT2D eigenvalue weighted by atomic mass is 10.1. The number of fused-ring (bicyclic) bond motifs is 1. The van der Waals surface area contributed by atoms with Crippen molar-refractivity contribution in [3.8, 4) is 5.75 Å². The van der Waals surface area contributed by atoms with Gasteiger partial charge in [-0.2, -0.15) is 0 Å². The smallest absolute Gasteiger partial charge is 0.167 e. The summed E-state index contributed by atoms with van der Waals surface area (Å²) in [6, 6.07) is 4.65. The van der Waals surface area contributed by atoms with Crippen LogP contribution in [0.15, 0.2) is 24.4 Å². The van der Waals surface area contributed by atoms with Crippen molar-refractivity contribution in [3.05, 3.63) is 30.2 Å². The third-order valence-corrected chi connectivity index (χ3v) is 3.92. The molecule has 1 aliphatic rings. The number of benzene rings is 1. The number of halogens is 2. The second kappa shape index (κ2) is 5.11. The third-order valence-electron chi connectivity index (χ3n) is 3.92. The van der Waals surface area contributed by atoms with Crippen LogP contribution < -0.4 is 9.64 Å². The van der Waals surface area contributed by atoms with Crippen molar-refractivity contribution in [3.63, 3.8) is 0 Å². The quantitative estimate of drug-likeness (QED) is 0.943. The average Bonchev–Trinajstić information content (AvgIpc) is 2.89. The number of pyridine rings is 1. The van der Waals surface area contributed by atoms with E-state index in [4.69, 9.17) is 9.84 Å². The van der Waals surface area contributed by atoms with E-state index in [0.29, 0.717) is 17.4 Å². The van der Waals surface area contributed by atoms with Gasteiger partial charge in [0.25, 0.3) is 0 Å². The molecule has 2 aromatic rings. The Morgan fingerprint density at radius 1 is 1.48 bits per heavy atom. The maximum atomic E-state index is 14.2. The van der Waals surface area contributed by atoms with Gasteiger partial charge in [0.05, 0.1) is 25.8 Å². The largest absolute Gasteiger partial charge is 0.494 e. The van der Waals surface area contributed by atoms with Gasteiger partial charge in [-0.1, -0.05) is 0 Å². The van der Waals surface area contributed by atoms with Gasteiger partial charge < -0.3 is 14.7 Å². The molecule has 0 amide bonds. The van der Waals surface area contributed by atoms with Crippen molar-refractivity contribution in [2.75, 3.05) is 31.7 Å². The molecule has 21 heavy (non-hydrogen) atoms. The van der Waals surface area contributed by atoms with Gasteiger partial charge in [0.15, 0.2) is 17.2 Å². The van der Waals surface area contributed by atoms with E-state index >= 15 is 0 Å². The maximum absolute atomic E-state index is 14.2. The van der Waals surface area contributed by atoms with Crippen LogP contribution in [0.5, 0.6) is 5.75 Å². The average molecular weight is 294 g/mol. The predicted octanol–water partition coefficient (Wildman–Crippen LogP) is 2.29. The first-order chi connectivity index (χ1) is 10.1. The van der Waals surface area contributed by atoms with Gasteiger partial charge in [0.2, 0.25) is 0 Å². The molecule has 112 valence electrons. The van der Waals surface area contributed by atoms with Crippen LogP contribution in [0.2, 0.25) is 0 Å². The predicted molar refractivity (Wildman–Crippen MR) is 76.0 cm³/mol. The van der Waals surface area contributed by atoms with Crippen LogP contribution in [-0.4, -0.2) is 42.6 Å². The lowest BCUT2D eigenvalue weighted by molar-refractivity contribution is 0.0910. The number of hydrogen-bond acceptors (Lipinski definition) is 4. The highest BCUT2D eigenvalue weighted by Gasteiger charge is 2.38. The molecule has 6 heteroatoms. The number of anilines is 1. The Labute approximate surface area is 121 Å². The summed E-state index contributed by atoms with van der Waals surface area (Å²) in [5, 5.41) is 9.84. The Hall–Kier alpha value is -1.95. The van der Waals surface area contributed by atoms with Crippen LogP contribution in [-0.2, 0) is 0 Å². The van der Waals surface area contributed by atoms with Crippen LogP contribution in [0.1, 0.15) is 6.42 Å². The van der Waals surface area contributed by atoms with Gasteiger partial charge in [-0.05, 0) is 12.1 Å². The van der Waals surface area contributed by atoms with Crippen molar-refractivity contribution < 1.29 is 18.6 Å². The fourth-order valence-electron chi connectivity index (χ4n) is 2.74. The van der Waals surface area contributed by atoms with E-state index in [1.54, 1.807) is 18.3 Å². The SMILES string of the molecule is COc1cc2c(N3CCC(F)(CO)C3)ccnc2cc1F. The van der Waals surface area contributed by atoms with Gasteiger partial charge in [-0.25, -0.2) is 8.78 Å². The van der Waals surface area contributed by atoms with Crippen LogP contribution in [0, 0.1) is 5.82 Å². The second-order valence-corrected chi connectivity index (χ2v) is 5.31. The molecule has 1 fully saturated rings. The summed E-state index contributed by atoms with van der Waals surface area (Å²) in [7, 11) is 1.40. The first-order valence-electron chi connectivity index (χ1n) is 6.73. The number of aromatic nitrogens is 1. The normalized spacial score (nSPS) is 22.0. The number of hydrogen-bond donors (Lipinski definition) is 1. The van der Waals surface area contributed by atoms with Crippen LogP contribution >= 0.6 is 0 Å². The van der Waals surface area contributed by atoms with E-state index in [2.05, 4.69) is 4.98 Å². The van der Waals surface area contributed by atoms with Gasteiger partial charge in [-0.3, -0.25) is 4.98 Å². The van der Waals surface area contributed by atoms with Crippen molar-refractivity contribution in [2.45, 2.75) is 12.1 Å². The van der Waals surface area contributed by atoms with Crippen molar-refractivity contribution in [2.24, 2.45) is 0 Å². The summed E-state index contributed by atoms with van der Waals surface area (Å²) in [6.07, 6.45) is 1.84. The summed E-state index contributed by atoms with van der Waals surface area (Å²) < 4.78 is 32.9. The van der Waals surface area contributed by atoms with Crippen molar-refractivity contribution in [1.29, 1.82) is 0 Å². The molecule has 1 saturated heterocycles. The number of alkyl halides is 1. The topological polar surface area (TPSA) is 45.6 Å². The van der Waals surface area contributed by atoms with E-state index in [9.17, 15) is 8.78 Å². The number of nitrogens with zero attached hydrogens (tertiary/aromatic N) is 2. The molecule has 1 aromatic heterocycles. The first-order valence-corrected chi connectivity index (χ1v) is 6.73. The summed E-state index contributed by atoms with van der Waals surface area (Å²) in [6.45, 7) is 0.114. The molecule has 1 atom stereocenters. The number of aliphatic hydroxyl groups is 1. The highest BCUT2D eigenvalue weighted by Crippen LogP contribution is 2.35. The van der Waals surface area contributed by atoms with Crippen molar-refractivity contribution in [1.82, 2.24) is 4.98 Å². The zero-order chi connectivity index (χ0) is 15.0. The van der Waals surface area contributed by atoms with Crippen LogP contribution in [0.4, 0.5) is 14.5 Å². The molecule has 0 aliphatic carbocycles. The Morgan fingerprint density at radius 3 is 2.95 bits per heavy atom. The molecule has 1 aliphatic heterocycles.